The number of carbonyl (C=O) groups excluding carboxylic acids is 1. The van der Waals surface area contributed by atoms with E-state index in [1.165, 1.54) is 30.0 Å². The molecule has 0 spiro atoms. The highest BCUT2D eigenvalue weighted by atomic mass is 32.2. The van der Waals surface area contributed by atoms with Gasteiger partial charge in [0.1, 0.15) is 11.6 Å². The van der Waals surface area contributed by atoms with Gasteiger partial charge in [-0.2, -0.15) is 0 Å². The molecule has 0 atom stereocenters. The van der Waals surface area contributed by atoms with Gasteiger partial charge in [0, 0.05) is 29.8 Å². The van der Waals surface area contributed by atoms with Crippen LogP contribution in [0.25, 0.3) is 0 Å². The molecule has 1 heterocycles. The van der Waals surface area contributed by atoms with Crippen molar-refractivity contribution < 1.29 is 9.18 Å². The first-order chi connectivity index (χ1) is 14.5. The molecule has 0 radical (unpaired) electrons. The Kier molecular flexibility index (Phi) is 9.90. The first-order valence-corrected chi connectivity index (χ1v) is 10.6. The molecule has 6 nitrogen and oxygen atoms in total. The van der Waals surface area contributed by atoms with Gasteiger partial charge in [-0.3, -0.25) is 4.79 Å². The Morgan fingerprint density at radius 1 is 1.30 bits per heavy atom. The molecule has 0 saturated heterocycles. The average Bonchev–Trinajstić information content (AvgIpc) is 2.75. The van der Waals surface area contributed by atoms with Crippen molar-refractivity contribution in [1.82, 2.24) is 10.3 Å². The molecular weight excluding hydrogens is 401 g/mol. The summed E-state index contributed by atoms with van der Waals surface area (Å²) in [5, 5.41) is 9.71. The summed E-state index contributed by atoms with van der Waals surface area (Å²) >= 11 is 1.43. The number of rotatable bonds is 12. The zero-order chi connectivity index (χ0) is 21.8. The monoisotopic (exact) mass is 429 g/mol. The van der Waals surface area contributed by atoms with Crippen molar-refractivity contribution >= 4 is 29.2 Å². The molecule has 5 N–H and O–H groups in total. The van der Waals surface area contributed by atoms with Crippen LogP contribution < -0.4 is 21.7 Å². The number of allylic oxidation sites excluding steroid dienone is 1. The molecule has 30 heavy (non-hydrogen) atoms. The first kappa shape index (κ1) is 23.4. The number of carbonyl (C=O) groups is 1. The molecule has 0 saturated carbocycles. The summed E-state index contributed by atoms with van der Waals surface area (Å²) in [6, 6.07) is 9.86. The van der Waals surface area contributed by atoms with E-state index in [9.17, 15) is 9.18 Å². The molecule has 160 valence electrons. The maximum Gasteiger partial charge on any atom is 0.251 e. The quantitative estimate of drug-likeness (QED) is 0.376. The van der Waals surface area contributed by atoms with E-state index < -0.39 is 5.82 Å². The Morgan fingerprint density at radius 3 is 2.83 bits per heavy atom. The van der Waals surface area contributed by atoms with Gasteiger partial charge in [0.05, 0.1) is 10.7 Å². The summed E-state index contributed by atoms with van der Waals surface area (Å²) in [6.07, 6.45) is 5.28. The standard InChI is InChI=1S/C22H28FN5OS/c1-3-18(30-16(2)28-21-8-4-6-12-25-21)15-27-20-14-17(9-10-19(20)23)22(29)26-13-7-5-11-24/h3-4,6,8-10,12,14,27H,2,5,7,11,13,15,24H2,1H3,(H,25,28)(H,26,29)/b18-3-. The molecule has 1 amide bonds. The molecule has 0 aliphatic heterocycles. The van der Waals surface area contributed by atoms with Crippen molar-refractivity contribution in [3.63, 3.8) is 0 Å². The van der Waals surface area contributed by atoms with Crippen LogP contribution in [-0.4, -0.2) is 30.5 Å². The third kappa shape index (κ3) is 7.88. The van der Waals surface area contributed by atoms with Crippen LogP contribution in [0.2, 0.25) is 0 Å². The Hall–Kier alpha value is -2.84. The molecule has 0 bridgehead atoms. The number of halogens is 1. The van der Waals surface area contributed by atoms with Crippen LogP contribution in [0.3, 0.4) is 0 Å². The van der Waals surface area contributed by atoms with Gasteiger partial charge in [0.15, 0.2) is 0 Å². The van der Waals surface area contributed by atoms with Crippen LogP contribution in [0, 0.1) is 5.82 Å². The fourth-order valence-corrected chi connectivity index (χ4v) is 3.25. The molecule has 8 heteroatoms. The van der Waals surface area contributed by atoms with Gasteiger partial charge >= 0.3 is 0 Å². The van der Waals surface area contributed by atoms with E-state index in [1.807, 2.05) is 31.2 Å². The molecule has 2 rings (SSSR count). The van der Waals surface area contributed by atoms with E-state index in [0.717, 1.165) is 17.7 Å². The fourth-order valence-electron chi connectivity index (χ4n) is 2.52. The van der Waals surface area contributed by atoms with E-state index in [2.05, 4.69) is 27.5 Å². The molecule has 0 fully saturated rings. The van der Waals surface area contributed by atoms with E-state index in [1.54, 1.807) is 6.20 Å². The van der Waals surface area contributed by atoms with Crippen LogP contribution in [0.4, 0.5) is 15.9 Å². The Labute approximate surface area is 181 Å². The molecule has 0 aliphatic rings. The Balaban J connectivity index is 1.91. The highest BCUT2D eigenvalue weighted by Gasteiger charge is 2.10. The summed E-state index contributed by atoms with van der Waals surface area (Å²) in [6.45, 7) is 7.43. The maximum absolute atomic E-state index is 14.2. The van der Waals surface area contributed by atoms with Gasteiger partial charge in [-0.1, -0.05) is 30.5 Å². The lowest BCUT2D eigenvalue weighted by Crippen LogP contribution is -2.25. The summed E-state index contributed by atoms with van der Waals surface area (Å²) in [5.74, 6) is 0.0545. The number of amides is 1. The van der Waals surface area contributed by atoms with Crippen molar-refractivity contribution in [3.8, 4) is 0 Å². The van der Waals surface area contributed by atoms with E-state index in [0.29, 0.717) is 36.0 Å². The van der Waals surface area contributed by atoms with Crippen molar-refractivity contribution in [2.24, 2.45) is 5.73 Å². The highest BCUT2D eigenvalue weighted by Crippen LogP contribution is 2.26. The van der Waals surface area contributed by atoms with Crippen LogP contribution in [-0.2, 0) is 0 Å². The minimum Gasteiger partial charge on any atom is -0.378 e. The van der Waals surface area contributed by atoms with Crippen LogP contribution in [0.5, 0.6) is 0 Å². The first-order valence-electron chi connectivity index (χ1n) is 9.75. The summed E-state index contributed by atoms with van der Waals surface area (Å²) in [5.41, 5.74) is 6.13. The lowest BCUT2D eigenvalue weighted by molar-refractivity contribution is 0.0953. The SMILES string of the molecule is C=C(Nc1ccccn1)S/C(=C\C)CNc1cc(C(=O)NCCCCN)ccc1F. The Morgan fingerprint density at radius 2 is 2.13 bits per heavy atom. The van der Waals surface area contributed by atoms with Gasteiger partial charge < -0.3 is 21.7 Å². The van der Waals surface area contributed by atoms with Crippen molar-refractivity contribution in [2.75, 3.05) is 30.3 Å². The van der Waals surface area contributed by atoms with Gasteiger partial charge in [0.25, 0.3) is 5.91 Å². The molecule has 2 aromatic rings. The van der Waals surface area contributed by atoms with Crippen LogP contribution in [0.15, 0.2) is 65.2 Å². The number of benzene rings is 1. The predicted molar refractivity (Wildman–Crippen MR) is 124 cm³/mol. The zero-order valence-electron chi connectivity index (χ0n) is 17.1. The third-order valence-electron chi connectivity index (χ3n) is 4.11. The molecule has 0 unspecified atom stereocenters. The lowest BCUT2D eigenvalue weighted by Gasteiger charge is -2.14. The van der Waals surface area contributed by atoms with Crippen LogP contribution in [0.1, 0.15) is 30.1 Å². The Bertz CT molecular complexity index is 873. The number of pyridine rings is 1. The number of aromatic nitrogens is 1. The number of unbranched alkanes of at least 4 members (excludes halogenated alkanes) is 1. The van der Waals surface area contributed by atoms with Crippen molar-refractivity contribution in [3.05, 3.63) is 76.6 Å². The number of hydrogen-bond acceptors (Lipinski definition) is 6. The second-order valence-electron chi connectivity index (χ2n) is 6.42. The van der Waals surface area contributed by atoms with Gasteiger partial charge in [0.2, 0.25) is 0 Å². The zero-order valence-corrected chi connectivity index (χ0v) is 17.9. The normalized spacial score (nSPS) is 11.1. The molecular formula is C22H28FN5OS. The molecule has 0 aliphatic carbocycles. The smallest absolute Gasteiger partial charge is 0.251 e. The van der Waals surface area contributed by atoms with Crippen molar-refractivity contribution in [1.29, 1.82) is 0 Å². The van der Waals surface area contributed by atoms with E-state index >= 15 is 0 Å². The van der Waals surface area contributed by atoms with E-state index in [-0.39, 0.29) is 11.6 Å². The average molecular weight is 430 g/mol. The summed E-state index contributed by atoms with van der Waals surface area (Å²) < 4.78 is 14.2. The van der Waals surface area contributed by atoms with Gasteiger partial charge in [-0.25, -0.2) is 9.37 Å². The minimum atomic E-state index is -0.416. The van der Waals surface area contributed by atoms with Crippen molar-refractivity contribution in [2.45, 2.75) is 19.8 Å². The number of nitrogens with two attached hydrogens (primary N) is 1. The maximum atomic E-state index is 14.2. The number of nitrogens with zero attached hydrogens (tertiary/aromatic N) is 1. The number of thioether (sulfide) groups is 1. The number of hydrogen-bond donors (Lipinski definition) is 4. The largest absolute Gasteiger partial charge is 0.378 e. The lowest BCUT2D eigenvalue weighted by atomic mass is 10.1. The van der Waals surface area contributed by atoms with E-state index in [4.69, 9.17) is 5.73 Å². The fraction of sp³-hybridized carbons (Fsp3) is 0.273. The second-order valence-corrected chi connectivity index (χ2v) is 7.64. The second kappa shape index (κ2) is 12.7. The third-order valence-corrected chi connectivity index (χ3v) is 5.10. The summed E-state index contributed by atoms with van der Waals surface area (Å²) in [7, 11) is 0. The highest BCUT2D eigenvalue weighted by molar-refractivity contribution is 8.06. The molecule has 1 aromatic heterocycles. The van der Waals surface area contributed by atoms with Crippen LogP contribution >= 0.6 is 11.8 Å². The topological polar surface area (TPSA) is 92.1 Å². The predicted octanol–water partition coefficient (Wildman–Crippen LogP) is 4.32. The van der Waals surface area contributed by atoms with Gasteiger partial charge in [-0.05, 0) is 56.6 Å². The van der Waals surface area contributed by atoms with Gasteiger partial charge in [-0.15, -0.1) is 0 Å². The number of nitrogens with one attached hydrogen (secondary N) is 3. The minimum absolute atomic E-state index is 0.233. The molecule has 1 aromatic carbocycles. The number of anilines is 2. The summed E-state index contributed by atoms with van der Waals surface area (Å²) in [4.78, 5) is 17.4.